The van der Waals surface area contributed by atoms with Gasteiger partial charge >= 0.3 is 11.8 Å². The predicted molar refractivity (Wildman–Crippen MR) is 31.1 cm³/mol. The molecule has 0 amide bonds. The maximum absolute atomic E-state index is 12.2. The van der Waals surface area contributed by atoms with Crippen molar-refractivity contribution in [1.82, 2.24) is 0 Å². The van der Waals surface area contributed by atoms with Gasteiger partial charge in [-0.1, -0.05) is 6.92 Å². The van der Waals surface area contributed by atoms with Gasteiger partial charge in [-0.2, -0.15) is 17.6 Å². The average molecular weight is 212 g/mol. The molecule has 0 fully saturated rings. The lowest BCUT2D eigenvalue weighted by molar-refractivity contribution is -0.257. The van der Waals surface area contributed by atoms with E-state index in [1.807, 2.05) is 0 Å². The molecule has 0 spiro atoms. The molecule has 1 atom stereocenters. The van der Waals surface area contributed by atoms with E-state index < -0.39 is 30.9 Å². The molecule has 0 aromatic heterocycles. The van der Waals surface area contributed by atoms with Gasteiger partial charge in [0.05, 0.1) is 0 Å². The zero-order chi connectivity index (χ0) is 10.9. The first-order valence-corrected chi connectivity index (χ1v) is 3.34. The van der Waals surface area contributed by atoms with Crippen molar-refractivity contribution >= 4 is 0 Å². The second-order valence-electron chi connectivity index (χ2n) is 2.42. The Balaban J connectivity index is 4.74. The largest absolute Gasteiger partial charge is 0.346 e. The number of rotatable bonds is 4. The molecule has 0 nitrogen and oxygen atoms in total. The number of halogens is 7. The van der Waals surface area contributed by atoms with Crippen LogP contribution in [0.5, 0.6) is 0 Å². The predicted octanol–water partition coefficient (Wildman–Crippen LogP) is 3.27. The molecule has 0 aromatic carbocycles. The first-order valence-electron chi connectivity index (χ1n) is 3.34. The van der Waals surface area contributed by atoms with Gasteiger partial charge in [0.1, 0.15) is 0 Å². The van der Waals surface area contributed by atoms with E-state index in [2.05, 4.69) is 0 Å². The lowest BCUT2D eigenvalue weighted by Crippen LogP contribution is -2.50. The quantitative estimate of drug-likeness (QED) is 0.627. The summed E-state index contributed by atoms with van der Waals surface area (Å²) in [4.78, 5) is 0. The molecule has 0 aliphatic rings. The maximum atomic E-state index is 12.2. The van der Waals surface area contributed by atoms with Gasteiger partial charge in [-0.15, -0.1) is 0 Å². The second kappa shape index (κ2) is 3.71. The minimum atomic E-state index is -5.32. The normalized spacial score (nSPS) is 16.4. The third kappa shape index (κ3) is 2.25. The Morgan fingerprint density at radius 1 is 1.00 bits per heavy atom. The molecule has 0 aromatic rings. The van der Waals surface area contributed by atoms with Crippen LogP contribution in [0.3, 0.4) is 0 Å². The van der Waals surface area contributed by atoms with Crippen LogP contribution < -0.4 is 0 Å². The fraction of sp³-hybridized carbons (Fsp3) is 1.00. The highest BCUT2D eigenvalue weighted by Gasteiger charge is 2.63. The molecule has 0 saturated carbocycles. The van der Waals surface area contributed by atoms with Crippen molar-refractivity contribution in [2.24, 2.45) is 0 Å². The van der Waals surface area contributed by atoms with Crippen molar-refractivity contribution in [3.8, 4) is 0 Å². The molecule has 13 heavy (non-hydrogen) atoms. The highest BCUT2D eigenvalue weighted by Crippen LogP contribution is 2.42. The van der Waals surface area contributed by atoms with E-state index in [0.717, 1.165) is 0 Å². The first kappa shape index (κ1) is 12.5. The van der Waals surface area contributed by atoms with Crippen molar-refractivity contribution in [2.45, 2.75) is 37.8 Å². The Bertz CT molecular complexity index is 164. The Kier molecular flexibility index (Phi) is 3.57. The zero-order valence-corrected chi connectivity index (χ0v) is 6.51. The van der Waals surface area contributed by atoms with Crippen LogP contribution in [0, 0.1) is 0 Å². The third-order valence-electron chi connectivity index (χ3n) is 1.50. The summed E-state index contributed by atoms with van der Waals surface area (Å²) >= 11 is 0. The van der Waals surface area contributed by atoms with Crippen LogP contribution >= 0.6 is 0 Å². The molecular formula is C6H7F7. The van der Waals surface area contributed by atoms with E-state index in [-0.39, 0.29) is 0 Å². The smallest absolute Gasteiger partial charge is 0.234 e. The van der Waals surface area contributed by atoms with Crippen LogP contribution in [0.1, 0.15) is 13.3 Å². The maximum Gasteiger partial charge on any atom is 0.346 e. The summed E-state index contributed by atoms with van der Waals surface area (Å²) in [6.45, 7) is 0.659. The summed E-state index contributed by atoms with van der Waals surface area (Å²) in [5.41, 5.74) is 0. The van der Waals surface area contributed by atoms with Gasteiger partial charge in [-0.3, -0.25) is 0 Å². The molecule has 0 bridgehead atoms. The molecular weight excluding hydrogens is 205 g/mol. The summed E-state index contributed by atoms with van der Waals surface area (Å²) in [6, 6.07) is 0. The summed E-state index contributed by atoms with van der Waals surface area (Å²) in [6.07, 6.45) is -9.65. The lowest BCUT2D eigenvalue weighted by Gasteiger charge is -2.27. The van der Waals surface area contributed by atoms with Gasteiger partial charge in [-0.25, -0.2) is 13.2 Å². The molecule has 0 heterocycles. The summed E-state index contributed by atoms with van der Waals surface area (Å²) in [7, 11) is 0. The van der Waals surface area contributed by atoms with Gasteiger partial charge < -0.3 is 0 Å². The van der Waals surface area contributed by atoms with E-state index in [1.165, 1.54) is 0 Å². The van der Waals surface area contributed by atoms with Gasteiger partial charge in [0.25, 0.3) is 6.43 Å². The highest BCUT2D eigenvalue weighted by molar-refractivity contribution is 4.91. The molecule has 7 heteroatoms. The first-order chi connectivity index (χ1) is 5.66. The van der Waals surface area contributed by atoms with Crippen molar-refractivity contribution in [1.29, 1.82) is 0 Å². The SMILES string of the molecule is CCC(F)(F)C(F)(F)[C@@H](F)C(F)F. The van der Waals surface area contributed by atoms with Gasteiger partial charge in [-0.05, 0) is 0 Å². The van der Waals surface area contributed by atoms with E-state index in [4.69, 9.17) is 0 Å². The van der Waals surface area contributed by atoms with Crippen molar-refractivity contribution < 1.29 is 30.7 Å². The van der Waals surface area contributed by atoms with E-state index in [0.29, 0.717) is 6.92 Å². The molecule has 0 unspecified atom stereocenters. The van der Waals surface area contributed by atoms with Gasteiger partial charge in [0.15, 0.2) is 0 Å². The van der Waals surface area contributed by atoms with Gasteiger partial charge in [0, 0.05) is 6.42 Å². The standard InChI is InChI=1S/C6H7F7/c1-2-5(10,11)6(12,13)3(7)4(8)9/h3-4H,2H2,1H3/t3-/m0/s1. The molecule has 0 saturated heterocycles. The van der Waals surface area contributed by atoms with Crippen molar-refractivity contribution in [3.63, 3.8) is 0 Å². The summed E-state index contributed by atoms with van der Waals surface area (Å²) < 4.78 is 83.7. The van der Waals surface area contributed by atoms with Crippen LogP contribution in [0.25, 0.3) is 0 Å². The number of hydrogen-bond donors (Lipinski definition) is 0. The monoisotopic (exact) mass is 212 g/mol. The van der Waals surface area contributed by atoms with E-state index >= 15 is 0 Å². The van der Waals surface area contributed by atoms with E-state index in [1.54, 1.807) is 0 Å². The Morgan fingerprint density at radius 3 is 1.62 bits per heavy atom. The number of alkyl halides is 7. The third-order valence-corrected chi connectivity index (χ3v) is 1.50. The highest BCUT2D eigenvalue weighted by atomic mass is 19.3. The zero-order valence-electron chi connectivity index (χ0n) is 6.51. The minimum absolute atomic E-state index is 0.659. The topological polar surface area (TPSA) is 0 Å². The van der Waals surface area contributed by atoms with Crippen LogP contribution in [0.2, 0.25) is 0 Å². The molecule has 0 radical (unpaired) electrons. The summed E-state index contributed by atoms with van der Waals surface area (Å²) in [5.74, 6) is -10.1. The van der Waals surface area contributed by atoms with Crippen LogP contribution in [0.15, 0.2) is 0 Å². The molecule has 80 valence electrons. The lowest BCUT2D eigenvalue weighted by atomic mass is 10.1. The Hall–Kier alpha value is -0.490. The Morgan fingerprint density at radius 2 is 1.38 bits per heavy atom. The fourth-order valence-electron chi connectivity index (χ4n) is 0.596. The molecule has 0 N–H and O–H groups in total. The molecule has 0 aliphatic heterocycles. The van der Waals surface area contributed by atoms with Crippen molar-refractivity contribution in [2.75, 3.05) is 0 Å². The van der Waals surface area contributed by atoms with Crippen LogP contribution in [-0.4, -0.2) is 24.4 Å². The van der Waals surface area contributed by atoms with Crippen LogP contribution in [-0.2, 0) is 0 Å². The van der Waals surface area contributed by atoms with E-state index in [9.17, 15) is 30.7 Å². The fourth-order valence-corrected chi connectivity index (χ4v) is 0.596. The van der Waals surface area contributed by atoms with Crippen LogP contribution in [0.4, 0.5) is 30.7 Å². The molecule has 0 aliphatic carbocycles. The summed E-state index contributed by atoms with van der Waals surface area (Å²) in [5, 5.41) is 0. The van der Waals surface area contributed by atoms with Gasteiger partial charge in [0.2, 0.25) is 6.17 Å². The average Bonchev–Trinajstić information content (AvgIpc) is 2.02. The number of hydrogen-bond acceptors (Lipinski definition) is 0. The Labute approximate surface area is 69.7 Å². The van der Waals surface area contributed by atoms with Crippen molar-refractivity contribution in [3.05, 3.63) is 0 Å². The minimum Gasteiger partial charge on any atom is -0.234 e. The second-order valence-corrected chi connectivity index (χ2v) is 2.42. The molecule has 0 rings (SSSR count).